The van der Waals surface area contributed by atoms with Crippen LogP contribution in [0.15, 0.2) is 36.4 Å². The van der Waals surface area contributed by atoms with Gasteiger partial charge in [-0.2, -0.15) is 4.98 Å². The number of hydrogen-bond acceptors (Lipinski definition) is 9. The summed E-state index contributed by atoms with van der Waals surface area (Å²) in [6, 6.07) is 9.31. The summed E-state index contributed by atoms with van der Waals surface area (Å²) >= 11 is 6.44. The summed E-state index contributed by atoms with van der Waals surface area (Å²) < 4.78 is 32.2. The number of ether oxygens (including phenoxy) is 3. The topological polar surface area (TPSA) is 110 Å². The van der Waals surface area contributed by atoms with Crippen molar-refractivity contribution < 1.29 is 28.2 Å². The molecule has 1 saturated heterocycles. The lowest BCUT2D eigenvalue weighted by Gasteiger charge is -2.33. The second kappa shape index (κ2) is 13.9. The predicted octanol–water partition coefficient (Wildman–Crippen LogP) is 7.01. The molecule has 0 N–H and O–H groups in total. The van der Waals surface area contributed by atoms with E-state index >= 15 is 0 Å². The van der Waals surface area contributed by atoms with E-state index in [2.05, 4.69) is 15.2 Å². The molecule has 2 aliphatic rings. The number of carbonyl (C=O) groups excluding carboxylic acids is 2. The number of benzene rings is 2. The number of rotatable bonds is 8. The fourth-order valence-corrected chi connectivity index (χ4v) is 6.12. The molecule has 11 nitrogen and oxygen atoms in total. The summed E-state index contributed by atoms with van der Waals surface area (Å²) in [4.78, 5) is 36.0. The Morgan fingerprint density at radius 1 is 1.00 bits per heavy atom. The fourth-order valence-electron chi connectivity index (χ4n) is 5.92. The summed E-state index contributed by atoms with van der Waals surface area (Å²) in [5.74, 6) is 0.350. The zero-order valence-electron chi connectivity index (χ0n) is 27.9. The Kier molecular flexibility index (Phi) is 10.1. The Balaban J connectivity index is 1.25. The average molecular weight is 669 g/mol. The van der Waals surface area contributed by atoms with Crippen molar-refractivity contribution in [3.63, 3.8) is 0 Å². The van der Waals surface area contributed by atoms with E-state index in [-0.39, 0.29) is 52.7 Å². The molecule has 0 unspecified atom stereocenters. The molecule has 3 aromatic rings. The summed E-state index contributed by atoms with van der Waals surface area (Å²) in [6.07, 6.45) is 0.969. The van der Waals surface area contributed by atoms with Crippen LogP contribution in [0.5, 0.6) is 17.5 Å². The maximum Gasteiger partial charge on any atom is 0.410 e. The van der Waals surface area contributed by atoms with Crippen molar-refractivity contribution in [1.82, 2.24) is 25.0 Å². The van der Waals surface area contributed by atoms with Gasteiger partial charge in [-0.15, -0.1) is 5.10 Å². The zero-order valence-corrected chi connectivity index (χ0v) is 28.7. The summed E-state index contributed by atoms with van der Waals surface area (Å²) in [5.41, 5.74) is 1.53. The Bertz CT molecular complexity index is 1610. The van der Waals surface area contributed by atoms with Crippen molar-refractivity contribution in [3.05, 3.63) is 64.1 Å². The van der Waals surface area contributed by atoms with E-state index in [9.17, 15) is 14.0 Å². The van der Waals surface area contributed by atoms with E-state index in [0.29, 0.717) is 44.8 Å². The van der Waals surface area contributed by atoms with E-state index in [1.54, 1.807) is 9.80 Å². The third-order valence-electron chi connectivity index (χ3n) is 7.96. The zero-order chi connectivity index (χ0) is 34.0. The normalized spacial score (nSPS) is 15.2. The third kappa shape index (κ3) is 8.04. The molecular formula is C34H42ClFN6O5. The van der Waals surface area contributed by atoms with Crippen LogP contribution in [0.1, 0.15) is 82.8 Å². The first-order valence-corrected chi connectivity index (χ1v) is 16.3. The van der Waals surface area contributed by atoms with Crippen molar-refractivity contribution in [1.29, 1.82) is 0 Å². The first-order chi connectivity index (χ1) is 22.2. The quantitative estimate of drug-likeness (QED) is 0.250. The monoisotopic (exact) mass is 668 g/mol. The minimum Gasteiger partial charge on any atom is -0.490 e. The van der Waals surface area contributed by atoms with Crippen LogP contribution in [0, 0.1) is 5.82 Å². The van der Waals surface area contributed by atoms with Gasteiger partial charge in [-0.1, -0.05) is 28.8 Å². The smallest absolute Gasteiger partial charge is 0.410 e. The van der Waals surface area contributed by atoms with Gasteiger partial charge in [0.2, 0.25) is 0 Å². The van der Waals surface area contributed by atoms with Crippen LogP contribution in [0.2, 0.25) is 5.15 Å². The first-order valence-electron chi connectivity index (χ1n) is 15.9. The molecule has 1 aromatic heterocycles. The molecule has 5 rings (SSSR count). The Morgan fingerprint density at radius 3 is 2.36 bits per heavy atom. The molecule has 1 fully saturated rings. The summed E-state index contributed by atoms with van der Waals surface area (Å²) in [6.45, 7) is 15.2. The summed E-state index contributed by atoms with van der Waals surface area (Å²) in [7, 11) is 0. The average Bonchev–Trinajstić information content (AvgIpc) is 3.44. The van der Waals surface area contributed by atoms with Crippen LogP contribution in [0.25, 0.3) is 0 Å². The van der Waals surface area contributed by atoms with Crippen LogP contribution in [-0.2, 0) is 17.8 Å². The molecule has 0 spiro atoms. The number of nitrogens with zero attached hydrogens (tertiary/aromatic N) is 6. The second-order valence-corrected chi connectivity index (χ2v) is 13.7. The molecule has 0 atom stereocenters. The molecule has 0 bridgehead atoms. The molecule has 3 heterocycles. The standard InChI is InChI=1S/C34H42ClFN6O5/c1-20(2)42(21(3)4)31(43)25-17-23(36)11-12-28(25)46-32-37-30(29(35)38-39-32)40-15-13-24(14-16-40)45-27-10-8-9-22-18-41(19-26(22)27)33(44)47-34(5,6)7/h8-12,17,20-21,24H,13-16,18-19H2,1-7H3. The summed E-state index contributed by atoms with van der Waals surface area (Å²) in [5, 5.41) is 8.15. The molecule has 13 heteroatoms. The van der Waals surface area contributed by atoms with Gasteiger partial charge >= 0.3 is 12.1 Å². The maximum atomic E-state index is 14.3. The molecule has 252 valence electrons. The van der Waals surface area contributed by atoms with Gasteiger partial charge < -0.3 is 24.0 Å². The Morgan fingerprint density at radius 2 is 1.70 bits per heavy atom. The van der Waals surface area contributed by atoms with E-state index < -0.39 is 11.4 Å². The minimum absolute atomic E-state index is 0.0599. The van der Waals surface area contributed by atoms with Crippen LogP contribution in [0.3, 0.4) is 0 Å². The Labute approximate surface area is 280 Å². The van der Waals surface area contributed by atoms with Crippen molar-refractivity contribution in [3.8, 4) is 17.5 Å². The number of anilines is 1. The van der Waals surface area contributed by atoms with Crippen molar-refractivity contribution in [2.24, 2.45) is 0 Å². The van der Waals surface area contributed by atoms with Crippen LogP contribution in [-0.4, -0.2) is 73.9 Å². The van der Waals surface area contributed by atoms with Crippen LogP contribution >= 0.6 is 11.6 Å². The SMILES string of the molecule is CC(C)N(C(=O)c1cc(F)ccc1Oc1nnc(Cl)c(N2CCC(Oc3cccc4c3CN(C(=O)OC(C)(C)C)C4)CC2)n1)C(C)C. The highest BCUT2D eigenvalue weighted by atomic mass is 35.5. The lowest BCUT2D eigenvalue weighted by atomic mass is 10.1. The number of fused-ring (bicyclic) bond motifs is 1. The van der Waals surface area contributed by atoms with E-state index in [1.165, 1.54) is 12.1 Å². The van der Waals surface area contributed by atoms with E-state index in [1.807, 2.05) is 71.6 Å². The highest BCUT2D eigenvalue weighted by Gasteiger charge is 2.32. The van der Waals surface area contributed by atoms with Gasteiger partial charge in [-0.25, -0.2) is 9.18 Å². The lowest BCUT2D eigenvalue weighted by Crippen LogP contribution is -2.42. The van der Waals surface area contributed by atoms with Crippen LogP contribution < -0.4 is 14.4 Å². The molecule has 0 saturated carbocycles. The first kappa shape index (κ1) is 34.2. The van der Waals surface area contributed by atoms with Gasteiger partial charge in [0, 0.05) is 50.1 Å². The predicted molar refractivity (Wildman–Crippen MR) is 176 cm³/mol. The fraction of sp³-hybridized carbons (Fsp3) is 0.500. The molecule has 2 aromatic carbocycles. The number of piperidine rings is 1. The second-order valence-electron chi connectivity index (χ2n) is 13.4. The van der Waals surface area contributed by atoms with E-state index in [4.69, 9.17) is 25.8 Å². The highest BCUT2D eigenvalue weighted by molar-refractivity contribution is 6.31. The molecular weight excluding hydrogens is 627 g/mol. The van der Waals surface area contributed by atoms with Gasteiger partial charge in [0.1, 0.15) is 29.0 Å². The van der Waals surface area contributed by atoms with Gasteiger partial charge in [-0.3, -0.25) is 9.69 Å². The number of hydrogen-bond donors (Lipinski definition) is 0. The minimum atomic E-state index is -0.569. The highest BCUT2D eigenvalue weighted by Crippen LogP contribution is 2.35. The lowest BCUT2D eigenvalue weighted by molar-refractivity contribution is 0.0240. The molecule has 0 radical (unpaired) electrons. The van der Waals surface area contributed by atoms with Gasteiger partial charge in [0.05, 0.1) is 12.1 Å². The van der Waals surface area contributed by atoms with E-state index in [0.717, 1.165) is 22.9 Å². The molecule has 2 aliphatic heterocycles. The number of amides is 2. The van der Waals surface area contributed by atoms with Crippen molar-refractivity contribution in [2.45, 2.75) is 98.2 Å². The number of aromatic nitrogens is 3. The number of carbonyl (C=O) groups is 2. The van der Waals surface area contributed by atoms with Crippen molar-refractivity contribution in [2.75, 3.05) is 18.0 Å². The maximum absolute atomic E-state index is 14.3. The van der Waals surface area contributed by atoms with Gasteiger partial charge in [0.25, 0.3) is 5.91 Å². The molecule has 0 aliphatic carbocycles. The largest absolute Gasteiger partial charge is 0.490 e. The van der Waals surface area contributed by atoms with Gasteiger partial charge in [0.15, 0.2) is 11.0 Å². The number of halogens is 2. The third-order valence-corrected chi connectivity index (χ3v) is 8.20. The van der Waals surface area contributed by atoms with Crippen LogP contribution in [0.4, 0.5) is 15.0 Å². The Hall–Kier alpha value is -4.19. The van der Waals surface area contributed by atoms with Gasteiger partial charge in [-0.05, 0) is 78.3 Å². The molecule has 2 amide bonds. The molecule has 47 heavy (non-hydrogen) atoms. The van der Waals surface area contributed by atoms with Crippen molar-refractivity contribution >= 4 is 29.4 Å².